The second-order valence-electron chi connectivity index (χ2n) is 5.09. The molecule has 0 N–H and O–H groups in total. The molecule has 3 nitrogen and oxygen atoms in total. The first-order valence-corrected chi connectivity index (χ1v) is 6.48. The summed E-state index contributed by atoms with van der Waals surface area (Å²) in [7, 11) is 2.17. The Morgan fingerprint density at radius 3 is 2.44 bits per heavy atom. The molecule has 1 rings (SSSR count). The third-order valence-corrected chi connectivity index (χ3v) is 3.86. The van der Waals surface area contributed by atoms with Gasteiger partial charge in [-0.05, 0) is 53.4 Å². The number of carbonyl (C=O) groups is 1. The summed E-state index contributed by atoms with van der Waals surface area (Å²) in [5.74, 6) is 0.297. The van der Waals surface area contributed by atoms with Crippen molar-refractivity contribution < 1.29 is 4.79 Å². The maximum Gasteiger partial charge on any atom is 0.131 e. The zero-order valence-corrected chi connectivity index (χ0v) is 11.2. The van der Waals surface area contributed by atoms with Gasteiger partial charge in [0.2, 0.25) is 0 Å². The smallest absolute Gasteiger partial charge is 0.131 e. The normalized spacial score (nSPS) is 21.3. The maximum atomic E-state index is 11.1. The van der Waals surface area contributed by atoms with Gasteiger partial charge in [0.25, 0.3) is 0 Å². The predicted molar refractivity (Wildman–Crippen MR) is 67.7 cm³/mol. The molecule has 1 atom stereocenters. The van der Waals surface area contributed by atoms with Crippen molar-refractivity contribution in [3.63, 3.8) is 0 Å². The Labute approximate surface area is 99.8 Å². The highest BCUT2D eigenvalue weighted by molar-refractivity contribution is 5.76. The predicted octanol–water partition coefficient (Wildman–Crippen LogP) is 1.77. The average Bonchev–Trinajstić information content (AvgIpc) is 2.27. The molecule has 1 aliphatic heterocycles. The van der Waals surface area contributed by atoms with E-state index in [-0.39, 0.29) is 0 Å². The average molecular weight is 226 g/mol. The third-order valence-electron chi connectivity index (χ3n) is 3.86. The topological polar surface area (TPSA) is 23.6 Å². The molecule has 0 aliphatic carbocycles. The summed E-state index contributed by atoms with van der Waals surface area (Å²) in [5.41, 5.74) is 0. The molecule has 0 aromatic heterocycles. The number of carbonyl (C=O) groups excluding carboxylic acids is 1. The summed E-state index contributed by atoms with van der Waals surface area (Å²) in [4.78, 5) is 16.0. The van der Waals surface area contributed by atoms with E-state index in [4.69, 9.17) is 0 Å². The highest BCUT2D eigenvalue weighted by Gasteiger charge is 2.24. The number of likely N-dealkylation sites (tertiary alicyclic amines) is 1. The van der Waals surface area contributed by atoms with Gasteiger partial charge in [0, 0.05) is 18.5 Å². The Balaban J connectivity index is 2.37. The molecule has 0 bridgehead atoms. The molecule has 0 radical (unpaired) electrons. The van der Waals surface area contributed by atoms with Gasteiger partial charge in [-0.25, -0.2) is 0 Å². The van der Waals surface area contributed by atoms with Crippen molar-refractivity contribution in [1.29, 1.82) is 0 Å². The van der Waals surface area contributed by atoms with Crippen LogP contribution < -0.4 is 0 Å². The lowest BCUT2D eigenvalue weighted by molar-refractivity contribution is -0.118. The molecule has 1 fully saturated rings. The fourth-order valence-electron chi connectivity index (χ4n) is 2.56. The second-order valence-corrected chi connectivity index (χ2v) is 5.09. The van der Waals surface area contributed by atoms with Crippen LogP contribution in [0.5, 0.6) is 0 Å². The van der Waals surface area contributed by atoms with E-state index < -0.39 is 0 Å². The molecule has 1 heterocycles. The van der Waals surface area contributed by atoms with E-state index in [0.717, 1.165) is 0 Å². The van der Waals surface area contributed by atoms with Gasteiger partial charge in [-0.2, -0.15) is 0 Å². The summed E-state index contributed by atoms with van der Waals surface area (Å²) < 4.78 is 0. The minimum absolute atomic E-state index is 0.297. The van der Waals surface area contributed by atoms with Gasteiger partial charge >= 0.3 is 0 Å². The first-order chi connectivity index (χ1) is 7.54. The molecule has 0 amide bonds. The van der Waals surface area contributed by atoms with Crippen molar-refractivity contribution in [2.24, 2.45) is 0 Å². The largest absolute Gasteiger partial charge is 0.303 e. The van der Waals surface area contributed by atoms with Crippen LogP contribution in [0.25, 0.3) is 0 Å². The second kappa shape index (κ2) is 6.36. The van der Waals surface area contributed by atoms with Gasteiger partial charge in [0.05, 0.1) is 0 Å². The van der Waals surface area contributed by atoms with E-state index in [1.54, 1.807) is 6.92 Å². The van der Waals surface area contributed by atoms with E-state index >= 15 is 0 Å². The van der Waals surface area contributed by atoms with Crippen molar-refractivity contribution in [1.82, 2.24) is 9.80 Å². The van der Waals surface area contributed by atoms with Gasteiger partial charge in [0.15, 0.2) is 0 Å². The van der Waals surface area contributed by atoms with Crippen LogP contribution in [-0.2, 0) is 4.79 Å². The van der Waals surface area contributed by atoms with Gasteiger partial charge < -0.3 is 9.80 Å². The van der Waals surface area contributed by atoms with Crippen LogP contribution in [0.3, 0.4) is 0 Å². The van der Waals surface area contributed by atoms with E-state index in [0.29, 0.717) is 24.3 Å². The monoisotopic (exact) mass is 226 g/mol. The van der Waals surface area contributed by atoms with E-state index in [2.05, 4.69) is 30.7 Å². The fraction of sp³-hybridized carbons (Fsp3) is 0.923. The van der Waals surface area contributed by atoms with Gasteiger partial charge in [-0.1, -0.05) is 6.92 Å². The molecule has 0 aromatic rings. The molecule has 94 valence electrons. The van der Waals surface area contributed by atoms with Crippen molar-refractivity contribution >= 4 is 5.78 Å². The van der Waals surface area contributed by atoms with Crippen LogP contribution in [0, 0.1) is 0 Å². The number of hydrogen-bond acceptors (Lipinski definition) is 3. The molecule has 3 heteroatoms. The lowest BCUT2D eigenvalue weighted by Gasteiger charge is -2.39. The fourth-order valence-corrected chi connectivity index (χ4v) is 2.56. The highest BCUT2D eigenvalue weighted by Crippen LogP contribution is 2.18. The first-order valence-electron chi connectivity index (χ1n) is 6.48. The number of ketones is 1. The molecule has 1 unspecified atom stereocenters. The number of piperidine rings is 1. The summed E-state index contributed by atoms with van der Waals surface area (Å²) >= 11 is 0. The number of Topliss-reactive ketones (excluding diaryl/α,β-unsaturated/α-hetero) is 1. The Morgan fingerprint density at radius 2 is 2.00 bits per heavy atom. The summed E-state index contributed by atoms with van der Waals surface area (Å²) in [5, 5.41) is 0. The van der Waals surface area contributed by atoms with Crippen molar-refractivity contribution in [3.05, 3.63) is 0 Å². The van der Waals surface area contributed by atoms with Crippen molar-refractivity contribution in [2.45, 2.75) is 52.1 Å². The summed E-state index contributed by atoms with van der Waals surface area (Å²) in [6.07, 6.45) is 3.17. The number of nitrogens with zero attached hydrogens (tertiary/aromatic N) is 2. The molecule has 1 saturated heterocycles. The summed E-state index contributed by atoms with van der Waals surface area (Å²) in [6, 6.07) is 1.05. The Hall–Kier alpha value is -0.410. The molecule has 0 spiro atoms. The Bertz CT molecular complexity index is 222. The van der Waals surface area contributed by atoms with Gasteiger partial charge in [-0.3, -0.25) is 4.79 Å². The minimum Gasteiger partial charge on any atom is -0.303 e. The molecular formula is C13H26N2O. The van der Waals surface area contributed by atoms with Crippen LogP contribution >= 0.6 is 0 Å². The SMILES string of the molecule is CCN1CCC(N(C)C(C)CC(C)=O)CC1. The zero-order chi connectivity index (χ0) is 12.1. The third kappa shape index (κ3) is 3.87. The lowest BCUT2D eigenvalue weighted by atomic mass is 10.0. The lowest BCUT2D eigenvalue weighted by Crippen LogP contribution is -2.46. The molecule has 0 aromatic carbocycles. The Kier molecular flexibility index (Phi) is 5.42. The maximum absolute atomic E-state index is 11.1. The minimum atomic E-state index is 0.297. The molecule has 0 saturated carbocycles. The van der Waals surface area contributed by atoms with Crippen molar-refractivity contribution in [2.75, 3.05) is 26.7 Å². The molecule has 1 aliphatic rings. The van der Waals surface area contributed by atoms with Gasteiger partial charge in [-0.15, -0.1) is 0 Å². The Morgan fingerprint density at radius 1 is 1.44 bits per heavy atom. The van der Waals surface area contributed by atoms with E-state index in [1.807, 2.05) is 0 Å². The summed E-state index contributed by atoms with van der Waals surface area (Å²) in [6.45, 7) is 9.65. The number of hydrogen-bond donors (Lipinski definition) is 0. The number of rotatable bonds is 5. The first kappa shape index (κ1) is 13.7. The van der Waals surface area contributed by atoms with Gasteiger partial charge in [0.1, 0.15) is 5.78 Å². The quantitative estimate of drug-likeness (QED) is 0.714. The van der Waals surface area contributed by atoms with Crippen LogP contribution in [0.15, 0.2) is 0 Å². The van der Waals surface area contributed by atoms with Crippen LogP contribution in [0.2, 0.25) is 0 Å². The van der Waals surface area contributed by atoms with E-state index in [9.17, 15) is 4.79 Å². The standard InChI is InChI=1S/C13H26N2O/c1-5-15-8-6-13(7-9-15)14(4)11(2)10-12(3)16/h11,13H,5-10H2,1-4H3. The highest BCUT2D eigenvalue weighted by atomic mass is 16.1. The van der Waals surface area contributed by atoms with Crippen molar-refractivity contribution in [3.8, 4) is 0 Å². The molecule has 16 heavy (non-hydrogen) atoms. The van der Waals surface area contributed by atoms with Crippen LogP contribution in [0.4, 0.5) is 0 Å². The van der Waals surface area contributed by atoms with Crippen LogP contribution in [-0.4, -0.2) is 54.3 Å². The van der Waals surface area contributed by atoms with Crippen LogP contribution in [0.1, 0.15) is 40.0 Å². The molecular weight excluding hydrogens is 200 g/mol. The zero-order valence-electron chi connectivity index (χ0n) is 11.2. The van der Waals surface area contributed by atoms with E-state index in [1.165, 1.54) is 32.5 Å².